The number of nitrogens with one attached hydrogen (secondary N) is 1. The quantitative estimate of drug-likeness (QED) is 0.518. The van der Waals surface area contributed by atoms with Crippen LogP contribution < -0.4 is 10.1 Å². The molecule has 0 aliphatic carbocycles. The third-order valence-corrected chi connectivity index (χ3v) is 4.62. The Kier molecular flexibility index (Phi) is 5.42. The Labute approximate surface area is 169 Å². The van der Waals surface area contributed by atoms with Gasteiger partial charge in [0.25, 0.3) is 5.91 Å². The first-order valence-electron chi connectivity index (χ1n) is 9.44. The van der Waals surface area contributed by atoms with Gasteiger partial charge in [0.15, 0.2) is 6.73 Å². The van der Waals surface area contributed by atoms with Gasteiger partial charge in [0.1, 0.15) is 11.4 Å². The van der Waals surface area contributed by atoms with E-state index in [-0.39, 0.29) is 18.7 Å². The van der Waals surface area contributed by atoms with Crippen LogP contribution in [0, 0.1) is 0 Å². The Bertz CT molecular complexity index is 1050. The maximum Gasteiger partial charge on any atom is 0.272 e. The number of amides is 1. The molecule has 0 spiro atoms. The lowest BCUT2D eigenvalue weighted by molar-refractivity contribution is 0.0932. The Morgan fingerprint density at radius 3 is 2.41 bits per heavy atom. The van der Waals surface area contributed by atoms with Crippen molar-refractivity contribution in [3.8, 4) is 11.4 Å². The molecule has 0 radical (unpaired) electrons. The molecule has 1 unspecified atom stereocenters. The van der Waals surface area contributed by atoms with Crippen LogP contribution >= 0.6 is 0 Å². The van der Waals surface area contributed by atoms with Crippen LogP contribution in [0.2, 0.25) is 0 Å². The number of rotatable bonds is 7. The summed E-state index contributed by atoms with van der Waals surface area (Å²) in [6, 6.07) is 23.1. The van der Waals surface area contributed by atoms with Gasteiger partial charge >= 0.3 is 0 Å². The first-order valence-corrected chi connectivity index (χ1v) is 9.44. The number of hydrogen-bond donors (Lipinski definition) is 1. The van der Waals surface area contributed by atoms with E-state index >= 15 is 0 Å². The zero-order valence-electron chi connectivity index (χ0n) is 16.1. The molecule has 4 aromatic rings. The molecule has 6 heteroatoms. The van der Waals surface area contributed by atoms with E-state index in [1.807, 2.05) is 90.6 Å². The molecule has 1 N–H and O–H groups in total. The molecular formula is C23H22N4O2. The van der Waals surface area contributed by atoms with Crippen molar-refractivity contribution in [1.82, 2.24) is 19.7 Å². The molecular weight excluding hydrogens is 364 g/mol. The number of carbonyl (C=O) groups excluding carboxylic acids is 1. The summed E-state index contributed by atoms with van der Waals surface area (Å²) in [7, 11) is 0. The predicted octanol–water partition coefficient (Wildman–Crippen LogP) is 4.20. The van der Waals surface area contributed by atoms with Crippen LogP contribution in [0.3, 0.4) is 0 Å². The van der Waals surface area contributed by atoms with Crippen molar-refractivity contribution in [2.75, 3.05) is 0 Å². The maximum atomic E-state index is 12.5. The van der Waals surface area contributed by atoms with Crippen molar-refractivity contribution >= 4 is 5.91 Å². The molecule has 0 fully saturated rings. The minimum Gasteiger partial charge on any atom is -0.471 e. The Morgan fingerprint density at radius 1 is 0.966 bits per heavy atom. The van der Waals surface area contributed by atoms with E-state index in [2.05, 4.69) is 10.4 Å². The first kappa shape index (κ1) is 18.6. The van der Waals surface area contributed by atoms with Gasteiger partial charge in [-0.15, -0.1) is 0 Å². The summed E-state index contributed by atoms with van der Waals surface area (Å²) in [5, 5.41) is 7.29. The van der Waals surface area contributed by atoms with Gasteiger partial charge in [-0.1, -0.05) is 30.3 Å². The molecule has 29 heavy (non-hydrogen) atoms. The third kappa shape index (κ3) is 4.55. The van der Waals surface area contributed by atoms with Crippen LogP contribution in [-0.2, 0) is 6.73 Å². The van der Waals surface area contributed by atoms with Gasteiger partial charge in [-0.05, 0) is 55.0 Å². The second kappa shape index (κ2) is 8.48. The fourth-order valence-corrected chi connectivity index (χ4v) is 3.01. The van der Waals surface area contributed by atoms with E-state index in [9.17, 15) is 4.79 Å². The summed E-state index contributed by atoms with van der Waals surface area (Å²) < 4.78 is 9.28. The van der Waals surface area contributed by atoms with E-state index in [0.717, 1.165) is 17.0 Å². The first-order chi connectivity index (χ1) is 14.2. The van der Waals surface area contributed by atoms with Crippen molar-refractivity contribution in [1.29, 1.82) is 0 Å². The third-order valence-electron chi connectivity index (χ3n) is 4.62. The van der Waals surface area contributed by atoms with Crippen LogP contribution in [0.25, 0.3) is 5.69 Å². The van der Waals surface area contributed by atoms with Crippen LogP contribution in [0.5, 0.6) is 5.75 Å². The molecule has 2 heterocycles. The van der Waals surface area contributed by atoms with Crippen molar-refractivity contribution in [2.45, 2.75) is 19.7 Å². The zero-order valence-corrected chi connectivity index (χ0v) is 16.1. The SMILES string of the molecule is CC(NC(=O)c1ccn(COc2ccccc2)n1)c1ccc(-n2cccc2)cc1. The van der Waals surface area contributed by atoms with Gasteiger partial charge in [-0.25, -0.2) is 4.68 Å². The van der Waals surface area contributed by atoms with E-state index in [0.29, 0.717) is 5.69 Å². The summed E-state index contributed by atoms with van der Waals surface area (Å²) in [4.78, 5) is 12.5. The Morgan fingerprint density at radius 2 is 1.69 bits per heavy atom. The Balaban J connectivity index is 1.34. The second-order valence-electron chi connectivity index (χ2n) is 6.70. The Hall–Kier alpha value is -3.80. The normalized spacial score (nSPS) is 11.8. The number of nitrogens with zero attached hydrogens (tertiary/aromatic N) is 3. The summed E-state index contributed by atoms with van der Waals surface area (Å²) in [6.07, 6.45) is 5.73. The molecule has 0 saturated carbocycles. The molecule has 6 nitrogen and oxygen atoms in total. The van der Waals surface area contributed by atoms with Gasteiger partial charge in [-0.3, -0.25) is 4.79 Å². The van der Waals surface area contributed by atoms with Crippen LogP contribution in [0.15, 0.2) is 91.4 Å². The summed E-state index contributed by atoms with van der Waals surface area (Å²) in [5.41, 5.74) is 2.47. The van der Waals surface area contributed by atoms with Gasteiger partial charge in [0, 0.05) is 24.3 Å². The molecule has 0 saturated heterocycles. The van der Waals surface area contributed by atoms with Crippen LogP contribution in [0.1, 0.15) is 29.0 Å². The fraction of sp³-hybridized carbons (Fsp3) is 0.130. The highest BCUT2D eigenvalue weighted by Gasteiger charge is 2.14. The number of hydrogen-bond acceptors (Lipinski definition) is 3. The largest absolute Gasteiger partial charge is 0.471 e. The molecule has 2 aromatic carbocycles. The van der Waals surface area contributed by atoms with E-state index < -0.39 is 0 Å². The van der Waals surface area contributed by atoms with Gasteiger partial charge in [0.05, 0.1) is 6.04 Å². The molecule has 1 amide bonds. The molecule has 2 aromatic heterocycles. The lowest BCUT2D eigenvalue weighted by Gasteiger charge is -2.14. The standard InChI is InChI=1S/C23H22N4O2/c1-18(19-9-11-20(12-10-19)26-14-5-6-15-26)24-23(28)22-13-16-27(25-22)17-29-21-7-3-2-4-8-21/h2-16,18H,17H2,1H3,(H,24,28). The maximum absolute atomic E-state index is 12.5. The molecule has 0 aliphatic heterocycles. The molecule has 0 bridgehead atoms. The number of benzene rings is 2. The average molecular weight is 386 g/mol. The van der Waals surface area contributed by atoms with Gasteiger partial charge < -0.3 is 14.6 Å². The smallest absolute Gasteiger partial charge is 0.272 e. The van der Waals surface area contributed by atoms with Crippen molar-refractivity contribution in [3.05, 3.63) is 103 Å². The highest BCUT2D eigenvalue weighted by molar-refractivity contribution is 5.92. The van der Waals surface area contributed by atoms with Crippen LogP contribution in [0.4, 0.5) is 0 Å². The highest BCUT2D eigenvalue weighted by Crippen LogP contribution is 2.16. The fourth-order valence-electron chi connectivity index (χ4n) is 3.01. The number of para-hydroxylation sites is 1. The minimum absolute atomic E-state index is 0.132. The average Bonchev–Trinajstić information content (AvgIpc) is 3.45. The number of aromatic nitrogens is 3. The minimum atomic E-state index is -0.217. The molecule has 4 rings (SSSR count). The van der Waals surface area contributed by atoms with Crippen molar-refractivity contribution in [3.63, 3.8) is 0 Å². The molecule has 1 atom stereocenters. The number of ether oxygens (including phenoxy) is 1. The predicted molar refractivity (Wildman–Crippen MR) is 111 cm³/mol. The monoisotopic (exact) mass is 386 g/mol. The summed E-state index contributed by atoms with van der Waals surface area (Å²) in [5.74, 6) is 0.538. The van der Waals surface area contributed by atoms with Crippen molar-refractivity contribution in [2.24, 2.45) is 0 Å². The van der Waals surface area contributed by atoms with Gasteiger partial charge in [0.2, 0.25) is 0 Å². The van der Waals surface area contributed by atoms with Gasteiger partial charge in [-0.2, -0.15) is 5.10 Å². The van der Waals surface area contributed by atoms with E-state index in [1.165, 1.54) is 0 Å². The topological polar surface area (TPSA) is 61.1 Å². The second-order valence-corrected chi connectivity index (χ2v) is 6.70. The van der Waals surface area contributed by atoms with E-state index in [4.69, 9.17) is 4.74 Å². The lowest BCUT2D eigenvalue weighted by Crippen LogP contribution is -2.27. The lowest BCUT2D eigenvalue weighted by atomic mass is 10.1. The number of carbonyl (C=O) groups is 1. The summed E-state index contributed by atoms with van der Waals surface area (Å²) in [6.45, 7) is 2.20. The summed E-state index contributed by atoms with van der Waals surface area (Å²) >= 11 is 0. The molecule has 0 aliphatic rings. The zero-order chi connectivity index (χ0) is 20.1. The van der Waals surface area contributed by atoms with Crippen LogP contribution in [-0.4, -0.2) is 20.3 Å². The highest BCUT2D eigenvalue weighted by atomic mass is 16.5. The molecule has 146 valence electrons. The van der Waals surface area contributed by atoms with E-state index in [1.54, 1.807) is 16.9 Å². The van der Waals surface area contributed by atoms with Crippen molar-refractivity contribution < 1.29 is 9.53 Å².